The van der Waals surface area contributed by atoms with Gasteiger partial charge in [-0.3, -0.25) is 9.59 Å². The van der Waals surface area contributed by atoms with Crippen molar-refractivity contribution in [3.05, 3.63) is 94.8 Å². The number of esters is 1. The van der Waals surface area contributed by atoms with Gasteiger partial charge in [-0.1, -0.05) is 24.3 Å². The van der Waals surface area contributed by atoms with Gasteiger partial charge >= 0.3 is 12.1 Å². The lowest BCUT2D eigenvalue weighted by molar-refractivity contribution is 0.0177. The Hall–Kier alpha value is -5.97. The number of hydrogen-bond donors (Lipinski definition) is 2. The van der Waals surface area contributed by atoms with Crippen LogP contribution in [0.2, 0.25) is 0 Å². The van der Waals surface area contributed by atoms with Crippen molar-refractivity contribution in [2.45, 2.75) is 25.0 Å². The fraction of sp³-hybridized carbons (Fsp3) is 0.333. The number of benzene rings is 4. The van der Waals surface area contributed by atoms with Gasteiger partial charge in [-0.05, 0) is 60.7 Å². The molecule has 4 aromatic rings. The van der Waals surface area contributed by atoms with Crippen LogP contribution in [0.1, 0.15) is 49.5 Å². The first kappa shape index (κ1) is 40.2. The summed E-state index contributed by atoms with van der Waals surface area (Å²) in [5.74, 6) is -2.63. The highest BCUT2D eigenvalue weighted by atomic mass is 19.1. The lowest BCUT2D eigenvalue weighted by Crippen LogP contribution is -2.51. The Morgan fingerprint density at radius 1 is 0.800 bits per heavy atom. The van der Waals surface area contributed by atoms with Crippen molar-refractivity contribution in [3.63, 3.8) is 0 Å². The summed E-state index contributed by atoms with van der Waals surface area (Å²) in [6.45, 7) is -0.450. The predicted octanol–water partition coefficient (Wildman–Crippen LogP) is 5.26. The molecule has 1 saturated heterocycles. The number of nitrogens with zero attached hydrogens (tertiary/aromatic N) is 1. The van der Waals surface area contributed by atoms with Crippen molar-refractivity contribution >= 4 is 34.5 Å². The SMILES string of the molecule is COCOc1cc2c(OCOC)cccc2cc1C(=O)N[C@@H]1CN(C(=O)O)CCC[C@H]1OC(=O)c1ccc(C(=O)c2c(OCOC)ccc(OC)c2F)cc1. The van der Waals surface area contributed by atoms with Crippen LogP contribution in [0.5, 0.6) is 23.0 Å². The third-order valence-corrected chi connectivity index (χ3v) is 8.71. The molecular weight excluding hydrogens is 723 g/mol. The molecule has 1 aliphatic rings. The second kappa shape index (κ2) is 18.9. The highest BCUT2D eigenvalue weighted by Crippen LogP contribution is 2.34. The van der Waals surface area contributed by atoms with Gasteiger partial charge in [-0.15, -0.1) is 0 Å². The number of methoxy groups -OCH3 is 4. The fourth-order valence-electron chi connectivity index (χ4n) is 6.03. The van der Waals surface area contributed by atoms with E-state index >= 15 is 4.39 Å². The molecule has 0 saturated carbocycles. The van der Waals surface area contributed by atoms with Gasteiger partial charge < -0.3 is 53.2 Å². The van der Waals surface area contributed by atoms with Crippen molar-refractivity contribution < 1.29 is 66.6 Å². The van der Waals surface area contributed by atoms with Gasteiger partial charge in [0.15, 0.2) is 37.7 Å². The average molecular weight is 765 g/mol. The number of nitrogens with one attached hydrogen (secondary N) is 1. The van der Waals surface area contributed by atoms with Gasteiger partial charge in [-0.2, -0.15) is 0 Å². The molecule has 0 aliphatic carbocycles. The number of carbonyl (C=O) groups is 4. The molecule has 0 unspecified atom stereocenters. The minimum atomic E-state index is -1.20. The summed E-state index contributed by atoms with van der Waals surface area (Å²) in [6, 6.07) is 15.6. The zero-order chi connectivity index (χ0) is 39.5. The molecule has 2 amide bonds. The number of fused-ring (bicyclic) bond motifs is 1. The first-order valence-electron chi connectivity index (χ1n) is 17.0. The quantitative estimate of drug-likeness (QED) is 0.0859. The topological polar surface area (TPSA) is 178 Å². The van der Waals surface area contributed by atoms with Crippen LogP contribution < -0.4 is 24.3 Å². The maximum absolute atomic E-state index is 15.3. The van der Waals surface area contributed by atoms with Crippen LogP contribution in [0, 0.1) is 5.82 Å². The number of ether oxygens (including phenoxy) is 8. The van der Waals surface area contributed by atoms with Crippen LogP contribution in [0.25, 0.3) is 10.8 Å². The summed E-state index contributed by atoms with van der Waals surface area (Å²) in [4.78, 5) is 54.2. The number of carboxylic acid groups (broad SMARTS) is 1. The first-order chi connectivity index (χ1) is 26.6. The molecule has 4 aromatic carbocycles. The molecule has 15 nitrogen and oxygen atoms in total. The Labute approximate surface area is 315 Å². The molecule has 1 aliphatic heterocycles. The lowest BCUT2D eigenvalue weighted by Gasteiger charge is -2.28. The van der Waals surface area contributed by atoms with Crippen molar-refractivity contribution in [2.75, 3.05) is 61.9 Å². The van der Waals surface area contributed by atoms with E-state index in [1.54, 1.807) is 30.3 Å². The van der Waals surface area contributed by atoms with Crippen LogP contribution in [0.15, 0.2) is 66.7 Å². The van der Waals surface area contributed by atoms with E-state index in [0.717, 1.165) is 4.90 Å². The average Bonchev–Trinajstić information content (AvgIpc) is 3.39. The maximum Gasteiger partial charge on any atom is 0.407 e. The Morgan fingerprint density at radius 2 is 1.44 bits per heavy atom. The monoisotopic (exact) mass is 764 g/mol. The molecule has 1 fully saturated rings. The second-order valence-electron chi connectivity index (χ2n) is 12.2. The van der Waals surface area contributed by atoms with E-state index in [-0.39, 0.29) is 79.4 Å². The van der Waals surface area contributed by atoms with Gasteiger partial charge in [0, 0.05) is 45.4 Å². The number of likely N-dealkylation sites (tertiary alicyclic amines) is 1. The molecule has 16 heteroatoms. The molecule has 0 radical (unpaired) electrons. The van der Waals surface area contributed by atoms with Gasteiger partial charge in [0.05, 0.1) is 24.3 Å². The molecule has 5 rings (SSSR count). The van der Waals surface area contributed by atoms with Crippen LogP contribution >= 0.6 is 0 Å². The lowest BCUT2D eigenvalue weighted by atomic mass is 10.00. The van der Waals surface area contributed by atoms with Gasteiger partial charge in [0.2, 0.25) is 0 Å². The zero-order valence-corrected chi connectivity index (χ0v) is 30.6. The highest BCUT2D eigenvalue weighted by Gasteiger charge is 2.34. The Bertz CT molecular complexity index is 2010. The van der Waals surface area contributed by atoms with Crippen molar-refractivity contribution in [3.8, 4) is 23.0 Å². The third-order valence-electron chi connectivity index (χ3n) is 8.71. The molecule has 55 heavy (non-hydrogen) atoms. The number of ketones is 1. The van der Waals surface area contributed by atoms with E-state index in [0.29, 0.717) is 22.9 Å². The third kappa shape index (κ3) is 9.59. The van der Waals surface area contributed by atoms with E-state index in [2.05, 4.69) is 5.32 Å². The summed E-state index contributed by atoms with van der Waals surface area (Å²) in [5, 5.41) is 14.0. The maximum atomic E-state index is 15.3. The van der Waals surface area contributed by atoms with Crippen molar-refractivity contribution in [1.29, 1.82) is 0 Å². The standard InChI is InChI=1S/C39H41FN2O13/c1-48-20-52-29-8-5-7-25-17-27(33(18-26(25)29)54-22-50-3)37(44)41-28-19-42(39(46)47)16-6-9-30(28)55-38(45)24-12-10-23(11-13-24)36(43)34-31(53-21-49-2)14-15-32(51-4)35(34)40/h5,7-8,10-15,17-18,28,30H,6,9,16,19-22H2,1-4H3,(H,41,44)(H,46,47)/t28-,30-/m1/s1. The van der Waals surface area contributed by atoms with Crippen LogP contribution in [0.3, 0.4) is 0 Å². The smallest absolute Gasteiger partial charge is 0.407 e. The molecule has 0 spiro atoms. The summed E-state index contributed by atoms with van der Waals surface area (Å²) >= 11 is 0. The number of amides is 2. The van der Waals surface area contributed by atoms with Crippen LogP contribution in [-0.4, -0.2) is 108 Å². The Morgan fingerprint density at radius 3 is 2.09 bits per heavy atom. The normalized spacial score (nSPS) is 15.5. The summed E-state index contributed by atoms with van der Waals surface area (Å²) < 4.78 is 58.1. The zero-order valence-electron chi connectivity index (χ0n) is 30.6. The fourth-order valence-corrected chi connectivity index (χ4v) is 6.03. The summed E-state index contributed by atoms with van der Waals surface area (Å²) in [7, 11) is 5.57. The number of rotatable bonds is 16. The van der Waals surface area contributed by atoms with E-state index in [4.69, 9.17) is 37.9 Å². The molecule has 2 atom stereocenters. The summed E-state index contributed by atoms with van der Waals surface area (Å²) in [5.41, 5.74) is -0.164. The van der Waals surface area contributed by atoms with E-state index in [1.165, 1.54) is 64.8 Å². The second-order valence-corrected chi connectivity index (χ2v) is 12.2. The van der Waals surface area contributed by atoms with E-state index < -0.39 is 41.7 Å². The van der Waals surface area contributed by atoms with E-state index in [1.807, 2.05) is 0 Å². The van der Waals surface area contributed by atoms with Gasteiger partial charge in [0.1, 0.15) is 28.9 Å². The van der Waals surface area contributed by atoms with Gasteiger partial charge in [-0.25, -0.2) is 14.0 Å². The minimum Gasteiger partial charge on any atom is -0.494 e. The van der Waals surface area contributed by atoms with Crippen molar-refractivity contribution in [1.82, 2.24) is 10.2 Å². The number of hydrogen-bond acceptors (Lipinski definition) is 12. The molecule has 2 N–H and O–H groups in total. The van der Waals surface area contributed by atoms with Gasteiger partial charge in [0.25, 0.3) is 5.91 Å². The molecule has 0 aromatic heterocycles. The molecular formula is C39H41FN2O13. The number of carbonyl (C=O) groups excluding carboxylic acids is 3. The summed E-state index contributed by atoms with van der Waals surface area (Å²) in [6.07, 6.45) is -1.59. The highest BCUT2D eigenvalue weighted by molar-refractivity contribution is 6.11. The molecule has 1 heterocycles. The molecule has 0 bridgehead atoms. The first-order valence-corrected chi connectivity index (χ1v) is 17.0. The van der Waals surface area contributed by atoms with Crippen molar-refractivity contribution in [2.24, 2.45) is 0 Å². The van der Waals surface area contributed by atoms with E-state index in [9.17, 15) is 24.3 Å². The minimum absolute atomic E-state index is 0.00531. The predicted molar refractivity (Wildman–Crippen MR) is 194 cm³/mol. The van der Waals surface area contributed by atoms with Crippen LogP contribution in [-0.2, 0) is 18.9 Å². The van der Waals surface area contributed by atoms with Crippen LogP contribution in [0.4, 0.5) is 9.18 Å². The Balaban J connectivity index is 1.39. The Kier molecular flexibility index (Phi) is 13.8. The molecule has 292 valence electrons. The largest absolute Gasteiger partial charge is 0.494 e. The number of halogens is 1.